The Bertz CT molecular complexity index is 1370. The van der Waals surface area contributed by atoms with Crippen LogP contribution in [0.15, 0.2) is 78.4 Å². The van der Waals surface area contributed by atoms with Gasteiger partial charge in [-0.25, -0.2) is 0 Å². The van der Waals surface area contributed by atoms with E-state index in [-0.39, 0.29) is 11.3 Å². The summed E-state index contributed by atoms with van der Waals surface area (Å²) in [6, 6.07) is 21.3. The molecule has 2 aliphatic rings. The van der Waals surface area contributed by atoms with Gasteiger partial charge in [0.1, 0.15) is 31.3 Å². The van der Waals surface area contributed by atoms with Crippen LogP contribution in [0.5, 0.6) is 17.2 Å². The topological polar surface area (TPSA) is 88.5 Å². The van der Waals surface area contributed by atoms with Gasteiger partial charge >= 0.3 is 0 Å². The molecule has 0 spiro atoms. The molecule has 38 heavy (non-hydrogen) atoms. The molecule has 1 N–H and O–H groups in total. The second-order valence-electron chi connectivity index (χ2n) is 9.50. The van der Waals surface area contributed by atoms with Crippen LogP contribution in [0.4, 0.5) is 0 Å². The van der Waals surface area contributed by atoms with Crippen LogP contribution >= 0.6 is 0 Å². The minimum absolute atomic E-state index is 0.0330. The first-order valence-corrected chi connectivity index (χ1v) is 12.5. The number of aliphatic hydroxyl groups excluding tert-OH is 1. The third kappa shape index (κ3) is 5.21. The summed E-state index contributed by atoms with van der Waals surface area (Å²) in [5.74, 6) is 0.0227. The molecular weight excluding hydrogens is 484 g/mol. The average molecular weight is 515 g/mol. The Labute approximate surface area is 221 Å². The molecule has 3 aromatic rings. The molecule has 0 saturated carbocycles. The molecule has 5 rings (SSSR count). The summed E-state index contributed by atoms with van der Waals surface area (Å²) in [6.45, 7) is 2.08. The summed E-state index contributed by atoms with van der Waals surface area (Å²) in [7, 11) is 3.80. The molecule has 0 aliphatic carbocycles. The number of hydrogen-bond acceptors (Lipinski definition) is 7. The van der Waals surface area contributed by atoms with E-state index >= 15 is 0 Å². The molecule has 2 heterocycles. The molecule has 1 saturated heterocycles. The lowest BCUT2D eigenvalue weighted by atomic mass is 9.95. The van der Waals surface area contributed by atoms with Gasteiger partial charge in [0.15, 0.2) is 11.5 Å². The highest BCUT2D eigenvalue weighted by Crippen LogP contribution is 2.41. The molecular formula is C30H30N2O6. The quantitative estimate of drug-likeness (QED) is 0.276. The van der Waals surface area contributed by atoms with E-state index < -0.39 is 17.7 Å². The van der Waals surface area contributed by atoms with Crippen molar-refractivity contribution in [1.82, 2.24) is 9.80 Å². The number of Topliss-reactive ketones (excluding diaryl/α,β-unsaturated/α-hetero) is 1. The van der Waals surface area contributed by atoms with E-state index in [1.54, 1.807) is 18.2 Å². The van der Waals surface area contributed by atoms with Crippen LogP contribution in [0, 0.1) is 0 Å². The Hall–Kier alpha value is -4.30. The van der Waals surface area contributed by atoms with E-state index in [1.807, 2.05) is 73.6 Å². The Balaban J connectivity index is 1.53. The van der Waals surface area contributed by atoms with E-state index in [0.29, 0.717) is 61.3 Å². The predicted octanol–water partition coefficient (Wildman–Crippen LogP) is 4.02. The molecule has 1 amide bonds. The summed E-state index contributed by atoms with van der Waals surface area (Å²) in [6.07, 6.45) is 0. The van der Waals surface area contributed by atoms with Crippen LogP contribution in [0.1, 0.15) is 22.7 Å². The molecule has 196 valence electrons. The van der Waals surface area contributed by atoms with Crippen molar-refractivity contribution in [3.63, 3.8) is 0 Å². The number of fused-ring (bicyclic) bond motifs is 1. The fraction of sp³-hybridized carbons (Fsp3) is 0.267. The number of amides is 1. The van der Waals surface area contributed by atoms with Gasteiger partial charge in [0, 0.05) is 18.7 Å². The number of nitrogens with zero attached hydrogens (tertiary/aromatic N) is 2. The van der Waals surface area contributed by atoms with Crippen molar-refractivity contribution >= 4 is 17.4 Å². The standard InChI is InChI=1S/C30H30N2O6/c1-31(2)13-14-32-27(21-9-6-10-23(17-21)38-19-20-7-4-3-5-8-20)26(29(34)30(32)35)28(33)22-11-12-24-25(18-22)37-16-15-36-24/h3-12,17-18,27,33H,13-16,19H2,1-2H3/b28-26+/t27-/m1/s1. The van der Waals surface area contributed by atoms with Crippen molar-refractivity contribution in [2.24, 2.45) is 0 Å². The van der Waals surface area contributed by atoms with Gasteiger partial charge in [0.05, 0.1) is 11.6 Å². The zero-order chi connectivity index (χ0) is 26.6. The second kappa shape index (κ2) is 11.0. The number of carbonyl (C=O) groups excluding carboxylic acids is 2. The molecule has 0 unspecified atom stereocenters. The number of ether oxygens (including phenoxy) is 3. The number of hydrogen-bond donors (Lipinski definition) is 1. The van der Waals surface area contributed by atoms with E-state index in [2.05, 4.69) is 0 Å². The average Bonchev–Trinajstić information content (AvgIpc) is 3.20. The number of likely N-dealkylation sites (tertiary alicyclic amines) is 1. The van der Waals surface area contributed by atoms with E-state index in [4.69, 9.17) is 14.2 Å². The van der Waals surface area contributed by atoms with Crippen molar-refractivity contribution in [2.75, 3.05) is 40.4 Å². The van der Waals surface area contributed by atoms with E-state index in [9.17, 15) is 14.7 Å². The maximum absolute atomic E-state index is 13.3. The number of benzene rings is 3. The van der Waals surface area contributed by atoms with Crippen molar-refractivity contribution in [3.05, 3.63) is 95.1 Å². The fourth-order valence-corrected chi connectivity index (χ4v) is 4.63. The SMILES string of the molecule is CN(C)CCN1C(=O)C(=O)/C(=C(/O)c2ccc3c(c2)OCCO3)[C@H]1c1cccc(OCc2ccccc2)c1. The van der Waals surface area contributed by atoms with Gasteiger partial charge in [0.2, 0.25) is 0 Å². The third-order valence-electron chi connectivity index (χ3n) is 6.57. The first kappa shape index (κ1) is 25.4. The van der Waals surface area contributed by atoms with Crippen LogP contribution in [-0.4, -0.2) is 67.0 Å². The Morgan fingerprint density at radius 3 is 2.50 bits per heavy atom. The molecule has 2 aliphatic heterocycles. The van der Waals surface area contributed by atoms with Crippen molar-refractivity contribution < 1.29 is 28.9 Å². The van der Waals surface area contributed by atoms with Gasteiger partial charge in [-0.05, 0) is 55.6 Å². The van der Waals surface area contributed by atoms with Crippen LogP contribution in [0.2, 0.25) is 0 Å². The third-order valence-corrected chi connectivity index (χ3v) is 6.57. The minimum Gasteiger partial charge on any atom is -0.507 e. The normalized spacial score (nSPS) is 18.2. The van der Waals surface area contributed by atoms with Gasteiger partial charge in [-0.3, -0.25) is 9.59 Å². The molecule has 3 aromatic carbocycles. The van der Waals surface area contributed by atoms with Gasteiger partial charge in [0.25, 0.3) is 11.7 Å². The lowest BCUT2D eigenvalue weighted by Crippen LogP contribution is -2.35. The molecule has 1 atom stereocenters. The zero-order valence-electron chi connectivity index (χ0n) is 21.4. The van der Waals surface area contributed by atoms with Gasteiger partial charge in [-0.2, -0.15) is 0 Å². The number of rotatable bonds is 8. The van der Waals surface area contributed by atoms with Gasteiger partial charge in [-0.15, -0.1) is 0 Å². The maximum atomic E-state index is 13.3. The lowest BCUT2D eigenvalue weighted by Gasteiger charge is -2.27. The molecule has 0 aromatic heterocycles. The fourth-order valence-electron chi connectivity index (χ4n) is 4.63. The van der Waals surface area contributed by atoms with Crippen LogP contribution in [0.25, 0.3) is 5.76 Å². The van der Waals surface area contributed by atoms with Gasteiger partial charge < -0.3 is 29.1 Å². The summed E-state index contributed by atoms with van der Waals surface area (Å²) < 4.78 is 17.3. The van der Waals surface area contributed by atoms with Crippen LogP contribution < -0.4 is 14.2 Å². The highest BCUT2D eigenvalue weighted by atomic mass is 16.6. The monoisotopic (exact) mass is 514 g/mol. The number of ketones is 1. The minimum atomic E-state index is -0.775. The smallest absolute Gasteiger partial charge is 0.295 e. The molecule has 0 radical (unpaired) electrons. The highest BCUT2D eigenvalue weighted by molar-refractivity contribution is 6.46. The molecule has 0 bridgehead atoms. The largest absolute Gasteiger partial charge is 0.507 e. The Kier molecular flexibility index (Phi) is 7.33. The summed E-state index contributed by atoms with van der Waals surface area (Å²) >= 11 is 0. The van der Waals surface area contributed by atoms with Crippen molar-refractivity contribution in [1.29, 1.82) is 0 Å². The van der Waals surface area contributed by atoms with Gasteiger partial charge in [-0.1, -0.05) is 42.5 Å². The number of aliphatic hydroxyl groups is 1. The van der Waals surface area contributed by atoms with Crippen LogP contribution in [0.3, 0.4) is 0 Å². The summed E-state index contributed by atoms with van der Waals surface area (Å²) in [5.41, 5.74) is 2.10. The molecule has 8 nitrogen and oxygen atoms in total. The van der Waals surface area contributed by atoms with E-state index in [0.717, 1.165) is 5.56 Å². The summed E-state index contributed by atoms with van der Waals surface area (Å²) in [5, 5.41) is 11.4. The van der Waals surface area contributed by atoms with Crippen molar-refractivity contribution in [3.8, 4) is 17.2 Å². The number of carbonyl (C=O) groups is 2. The summed E-state index contributed by atoms with van der Waals surface area (Å²) in [4.78, 5) is 30.0. The lowest BCUT2D eigenvalue weighted by molar-refractivity contribution is -0.140. The van der Waals surface area contributed by atoms with Crippen molar-refractivity contribution in [2.45, 2.75) is 12.6 Å². The second-order valence-corrected chi connectivity index (χ2v) is 9.50. The molecule has 1 fully saturated rings. The highest BCUT2D eigenvalue weighted by Gasteiger charge is 2.46. The Morgan fingerprint density at radius 2 is 1.74 bits per heavy atom. The zero-order valence-corrected chi connectivity index (χ0v) is 21.4. The van der Waals surface area contributed by atoms with Crippen LogP contribution in [-0.2, 0) is 16.2 Å². The predicted molar refractivity (Wildman–Crippen MR) is 142 cm³/mol. The Morgan fingerprint density at radius 1 is 0.974 bits per heavy atom. The number of likely N-dealkylation sites (N-methyl/N-ethyl adjacent to an activating group) is 1. The first-order valence-electron chi connectivity index (χ1n) is 12.5. The maximum Gasteiger partial charge on any atom is 0.295 e. The first-order chi connectivity index (χ1) is 18.4. The van der Waals surface area contributed by atoms with E-state index in [1.165, 1.54) is 4.90 Å². The molecule has 8 heteroatoms.